The highest BCUT2D eigenvalue weighted by Crippen LogP contribution is 2.26. The Morgan fingerprint density at radius 1 is 1.13 bits per heavy atom. The van der Waals surface area contributed by atoms with Gasteiger partial charge in [0.25, 0.3) is 0 Å². The van der Waals surface area contributed by atoms with Crippen molar-refractivity contribution in [2.75, 3.05) is 11.5 Å². The minimum Gasteiger partial charge on any atom is -0.310 e. The predicted molar refractivity (Wildman–Crippen MR) is 61.6 cm³/mol. The zero-order valence-electron chi connectivity index (χ0n) is 9.41. The molecule has 2 rings (SSSR count). The Hall–Kier alpha value is -0.0900. The highest BCUT2D eigenvalue weighted by Gasteiger charge is 2.28. The fourth-order valence-corrected chi connectivity index (χ4v) is 4.50. The molecule has 2 fully saturated rings. The van der Waals surface area contributed by atoms with Gasteiger partial charge in [0, 0.05) is 12.1 Å². The molecule has 0 aromatic rings. The van der Waals surface area contributed by atoms with Crippen LogP contribution in [0.2, 0.25) is 0 Å². The lowest BCUT2D eigenvalue weighted by molar-refractivity contribution is 0.410. The van der Waals surface area contributed by atoms with E-state index in [9.17, 15) is 8.42 Å². The average Bonchev–Trinajstić information content (AvgIpc) is 2.49. The van der Waals surface area contributed by atoms with Gasteiger partial charge in [0.05, 0.1) is 11.5 Å². The highest BCUT2D eigenvalue weighted by atomic mass is 32.2. The van der Waals surface area contributed by atoms with Crippen molar-refractivity contribution in [3.8, 4) is 0 Å². The third-order valence-electron chi connectivity index (χ3n) is 3.63. The molecule has 88 valence electrons. The Balaban J connectivity index is 1.84. The van der Waals surface area contributed by atoms with E-state index in [1.54, 1.807) is 0 Å². The molecule has 0 aromatic carbocycles. The molecule has 0 spiro atoms. The Morgan fingerprint density at radius 3 is 2.53 bits per heavy atom. The molecule has 0 amide bonds. The van der Waals surface area contributed by atoms with Crippen LogP contribution in [0, 0.1) is 5.92 Å². The smallest absolute Gasteiger partial charge is 0.151 e. The van der Waals surface area contributed by atoms with Crippen LogP contribution in [0.4, 0.5) is 0 Å². The largest absolute Gasteiger partial charge is 0.310 e. The van der Waals surface area contributed by atoms with Gasteiger partial charge in [-0.1, -0.05) is 6.92 Å². The van der Waals surface area contributed by atoms with Crippen molar-refractivity contribution in [3.05, 3.63) is 0 Å². The molecule has 1 saturated carbocycles. The second kappa shape index (κ2) is 4.42. The van der Waals surface area contributed by atoms with E-state index >= 15 is 0 Å². The number of nitrogens with one attached hydrogen (secondary N) is 1. The lowest BCUT2D eigenvalue weighted by Crippen LogP contribution is -2.44. The first-order chi connectivity index (χ1) is 7.05. The lowest BCUT2D eigenvalue weighted by atomic mass is 10.1. The maximum Gasteiger partial charge on any atom is 0.151 e. The monoisotopic (exact) mass is 231 g/mol. The van der Waals surface area contributed by atoms with Gasteiger partial charge in [-0.15, -0.1) is 0 Å². The molecule has 3 unspecified atom stereocenters. The Bertz CT molecular complexity index is 313. The van der Waals surface area contributed by atoms with Crippen molar-refractivity contribution in [1.82, 2.24) is 5.32 Å². The zero-order chi connectivity index (χ0) is 10.9. The minimum atomic E-state index is -2.75. The molecule has 3 atom stereocenters. The predicted octanol–water partition coefficient (Wildman–Crippen LogP) is 1.34. The van der Waals surface area contributed by atoms with E-state index in [0.717, 1.165) is 18.8 Å². The molecule has 1 saturated heterocycles. The summed E-state index contributed by atoms with van der Waals surface area (Å²) < 4.78 is 22.9. The lowest BCUT2D eigenvalue weighted by Gasteiger charge is -2.26. The molecule has 1 heterocycles. The van der Waals surface area contributed by atoms with Crippen LogP contribution in [-0.4, -0.2) is 32.0 Å². The molecule has 1 N–H and O–H groups in total. The van der Waals surface area contributed by atoms with Crippen LogP contribution in [0.3, 0.4) is 0 Å². The molecule has 4 heteroatoms. The Kier molecular flexibility index (Phi) is 3.36. The molecule has 15 heavy (non-hydrogen) atoms. The molecule has 0 bridgehead atoms. The van der Waals surface area contributed by atoms with E-state index in [4.69, 9.17) is 0 Å². The number of hydrogen-bond donors (Lipinski definition) is 1. The summed E-state index contributed by atoms with van der Waals surface area (Å²) in [7, 11) is -2.75. The summed E-state index contributed by atoms with van der Waals surface area (Å²) in [5.74, 6) is 1.56. The summed E-state index contributed by atoms with van der Waals surface area (Å²) in [4.78, 5) is 0. The third-order valence-corrected chi connectivity index (χ3v) is 5.45. The molecular formula is C11H21NO2S. The molecular weight excluding hydrogens is 210 g/mol. The first-order valence-corrected chi connectivity index (χ1v) is 7.84. The molecule has 2 aliphatic rings. The zero-order valence-corrected chi connectivity index (χ0v) is 10.2. The SMILES string of the molecule is CC1CCC(NC2CCCS(=O)(=O)C2)C1. The van der Waals surface area contributed by atoms with Gasteiger partial charge in [-0.05, 0) is 38.0 Å². The molecule has 0 radical (unpaired) electrons. The number of rotatable bonds is 2. The second-order valence-electron chi connectivity index (χ2n) is 5.24. The van der Waals surface area contributed by atoms with Crippen molar-refractivity contribution in [2.24, 2.45) is 5.92 Å². The van der Waals surface area contributed by atoms with Gasteiger partial charge in [0.15, 0.2) is 9.84 Å². The van der Waals surface area contributed by atoms with Crippen LogP contribution in [0.15, 0.2) is 0 Å². The van der Waals surface area contributed by atoms with Crippen LogP contribution in [-0.2, 0) is 9.84 Å². The first-order valence-electron chi connectivity index (χ1n) is 6.01. The van der Waals surface area contributed by atoms with E-state index < -0.39 is 9.84 Å². The maximum atomic E-state index is 11.5. The Labute approximate surface area is 92.6 Å². The molecule has 1 aliphatic heterocycles. The average molecular weight is 231 g/mol. The van der Waals surface area contributed by atoms with Crippen molar-refractivity contribution >= 4 is 9.84 Å². The number of hydrogen-bond acceptors (Lipinski definition) is 3. The topological polar surface area (TPSA) is 46.2 Å². The Morgan fingerprint density at radius 2 is 1.93 bits per heavy atom. The van der Waals surface area contributed by atoms with Gasteiger partial charge < -0.3 is 5.32 Å². The van der Waals surface area contributed by atoms with E-state index in [0.29, 0.717) is 17.5 Å². The summed E-state index contributed by atoms with van der Waals surface area (Å²) in [5.41, 5.74) is 0. The van der Waals surface area contributed by atoms with Crippen molar-refractivity contribution in [2.45, 2.75) is 51.1 Å². The van der Waals surface area contributed by atoms with E-state index in [2.05, 4.69) is 12.2 Å². The van der Waals surface area contributed by atoms with Gasteiger partial charge in [-0.3, -0.25) is 0 Å². The van der Waals surface area contributed by atoms with Gasteiger partial charge in [0.2, 0.25) is 0 Å². The van der Waals surface area contributed by atoms with Gasteiger partial charge in [-0.25, -0.2) is 8.42 Å². The third kappa shape index (κ3) is 3.18. The summed E-state index contributed by atoms with van der Waals surface area (Å²) in [6, 6.07) is 0.789. The first kappa shape index (κ1) is 11.4. The second-order valence-corrected chi connectivity index (χ2v) is 7.46. The van der Waals surface area contributed by atoms with Gasteiger partial charge in [0.1, 0.15) is 0 Å². The van der Waals surface area contributed by atoms with Crippen molar-refractivity contribution < 1.29 is 8.42 Å². The number of sulfone groups is 1. The molecule has 0 aromatic heterocycles. The van der Waals surface area contributed by atoms with Gasteiger partial charge >= 0.3 is 0 Å². The van der Waals surface area contributed by atoms with E-state index in [-0.39, 0.29) is 6.04 Å². The van der Waals surface area contributed by atoms with Crippen LogP contribution in [0.1, 0.15) is 39.0 Å². The fraction of sp³-hybridized carbons (Fsp3) is 1.00. The van der Waals surface area contributed by atoms with Crippen LogP contribution >= 0.6 is 0 Å². The minimum absolute atomic E-state index is 0.221. The normalized spacial score (nSPS) is 40.5. The summed E-state index contributed by atoms with van der Waals surface area (Å²) in [6.07, 6.45) is 5.60. The van der Waals surface area contributed by atoms with Crippen LogP contribution < -0.4 is 5.32 Å². The highest BCUT2D eigenvalue weighted by molar-refractivity contribution is 7.91. The molecule has 3 nitrogen and oxygen atoms in total. The van der Waals surface area contributed by atoms with Crippen molar-refractivity contribution in [3.63, 3.8) is 0 Å². The fourth-order valence-electron chi connectivity index (χ4n) is 2.85. The van der Waals surface area contributed by atoms with Gasteiger partial charge in [-0.2, -0.15) is 0 Å². The van der Waals surface area contributed by atoms with E-state index in [1.807, 2.05) is 0 Å². The van der Waals surface area contributed by atoms with E-state index in [1.165, 1.54) is 19.3 Å². The van der Waals surface area contributed by atoms with Crippen LogP contribution in [0.5, 0.6) is 0 Å². The maximum absolute atomic E-state index is 11.5. The summed E-state index contributed by atoms with van der Waals surface area (Å²) in [5, 5.41) is 3.52. The standard InChI is InChI=1S/C11H21NO2S/c1-9-4-5-10(7-9)12-11-3-2-6-15(13,14)8-11/h9-12H,2-8H2,1H3. The molecule has 1 aliphatic carbocycles. The summed E-state index contributed by atoms with van der Waals surface area (Å²) >= 11 is 0. The summed E-state index contributed by atoms with van der Waals surface area (Å²) in [6.45, 7) is 2.28. The quantitative estimate of drug-likeness (QED) is 0.780. The van der Waals surface area contributed by atoms with Crippen molar-refractivity contribution in [1.29, 1.82) is 0 Å². The van der Waals surface area contributed by atoms with Crippen LogP contribution in [0.25, 0.3) is 0 Å².